The van der Waals surface area contributed by atoms with Crippen LogP contribution in [0.1, 0.15) is 17.2 Å². The summed E-state index contributed by atoms with van der Waals surface area (Å²) in [5.74, 6) is 3.13. The highest BCUT2D eigenvalue weighted by molar-refractivity contribution is 5.80. The lowest BCUT2D eigenvalue weighted by Crippen LogP contribution is -2.09. The molecule has 4 nitrogen and oxygen atoms in total. The summed E-state index contributed by atoms with van der Waals surface area (Å²) in [4.78, 5) is 0. The van der Waals surface area contributed by atoms with E-state index in [2.05, 4.69) is 0 Å². The van der Waals surface area contributed by atoms with Crippen molar-refractivity contribution in [2.45, 2.75) is 6.10 Å². The number of fused-ring (bicyclic) bond motifs is 5. The fourth-order valence-electron chi connectivity index (χ4n) is 2.74. The van der Waals surface area contributed by atoms with Gasteiger partial charge in [-0.3, -0.25) is 0 Å². The van der Waals surface area contributed by atoms with Gasteiger partial charge in [0.25, 0.3) is 0 Å². The Morgan fingerprint density at radius 1 is 0.905 bits per heavy atom. The van der Waals surface area contributed by atoms with Crippen LogP contribution in [0.4, 0.5) is 0 Å². The molecule has 2 aliphatic heterocycles. The summed E-state index contributed by atoms with van der Waals surface area (Å²) >= 11 is 0. The minimum atomic E-state index is -0.137. The molecule has 2 aromatic rings. The standard InChI is InChI=1S/C17H14O4/c1-18-10-4-6-13-15(7-10)20-9-14-12-5-3-11(19-2)8-16(12)21-17(13)14/h3-9,17H,1-2H3. The predicted molar refractivity (Wildman–Crippen MR) is 78.0 cm³/mol. The molecule has 0 N–H and O–H groups in total. The van der Waals surface area contributed by atoms with Crippen molar-refractivity contribution in [1.82, 2.24) is 0 Å². The maximum Gasteiger partial charge on any atom is 0.156 e. The molecule has 2 heterocycles. The highest BCUT2D eigenvalue weighted by Crippen LogP contribution is 2.51. The van der Waals surface area contributed by atoms with Crippen LogP contribution in [0.2, 0.25) is 0 Å². The Kier molecular flexibility index (Phi) is 2.57. The minimum Gasteiger partial charge on any atom is -0.497 e. The number of methoxy groups -OCH3 is 2. The molecule has 0 radical (unpaired) electrons. The van der Waals surface area contributed by atoms with Gasteiger partial charge in [-0.2, -0.15) is 0 Å². The van der Waals surface area contributed by atoms with E-state index >= 15 is 0 Å². The molecular formula is C17H14O4. The summed E-state index contributed by atoms with van der Waals surface area (Å²) in [6, 6.07) is 11.6. The van der Waals surface area contributed by atoms with Gasteiger partial charge in [-0.05, 0) is 24.3 Å². The lowest BCUT2D eigenvalue weighted by molar-refractivity contribution is 0.266. The van der Waals surface area contributed by atoms with Crippen molar-refractivity contribution in [3.8, 4) is 23.0 Å². The molecule has 1 atom stereocenters. The quantitative estimate of drug-likeness (QED) is 0.843. The molecule has 0 amide bonds. The van der Waals surface area contributed by atoms with Crippen molar-refractivity contribution in [3.63, 3.8) is 0 Å². The van der Waals surface area contributed by atoms with E-state index in [1.807, 2.05) is 36.4 Å². The molecule has 0 bridgehead atoms. The van der Waals surface area contributed by atoms with Crippen LogP contribution in [0.3, 0.4) is 0 Å². The van der Waals surface area contributed by atoms with E-state index in [1.165, 1.54) is 0 Å². The molecule has 0 saturated carbocycles. The van der Waals surface area contributed by atoms with Crippen LogP contribution in [-0.2, 0) is 0 Å². The molecule has 0 fully saturated rings. The van der Waals surface area contributed by atoms with Crippen LogP contribution >= 0.6 is 0 Å². The van der Waals surface area contributed by atoms with Gasteiger partial charge in [0.15, 0.2) is 6.10 Å². The first kappa shape index (κ1) is 12.1. The largest absolute Gasteiger partial charge is 0.497 e. The van der Waals surface area contributed by atoms with Gasteiger partial charge < -0.3 is 18.9 Å². The average Bonchev–Trinajstić information content (AvgIpc) is 2.92. The summed E-state index contributed by atoms with van der Waals surface area (Å²) < 4.78 is 22.3. The van der Waals surface area contributed by atoms with E-state index in [1.54, 1.807) is 20.5 Å². The van der Waals surface area contributed by atoms with Crippen molar-refractivity contribution < 1.29 is 18.9 Å². The molecule has 4 heteroatoms. The SMILES string of the molecule is COc1ccc2c(c1)OC1C2=COc2cc(OC)ccc21. The van der Waals surface area contributed by atoms with Crippen molar-refractivity contribution in [2.75, 3.05) is 14.2 Å². The van der Waals surface area contributed by atoms with Gasteiger partial charge >= 0.3 is 0 Å². The third-order valence-corrected chi connectivity index (χ3v) is 3.84. The van der Waals surface area contributed by atoms with Gasteiger partial charge in [0.05, 0.1) is 20.5 Å². The zero-order valence-corrected chi connectivity index (χ0v) is 11.8. The van der Waals surface area contributed by atoms with Crippen LogP contribution < -0.4 is 18.9 Å². The maximum absolute atomic E-state index is 6.08. The Labute approximate surface area is 122 Å². The Balaban J connectivity index is 1.78. The smallest absolute Gasteiger partial charge is 0.156 e. The third-order valence-electron chi connectivity index (χ3n) is 3.84. The maximum atomic E-state index is 6.08. The Morgan fingerprint density at radius 2 is 1.62 bits per heavy atom. The van der Waals surface area contributed by atoms with Gasteiger partial charge in [-0.15, -0.1) is 0 Å². The molecule has 1 unspecified atom stereocenters. The van der Waals surface area contributed by atoms with E-state index < -0.39 is 0 Å². The molecule has 0 aliphatic carbocycles. The summed E-state index contributed by atoms with van der Waals surface area (Å²) in [5.41, 5.74) is 3.08. The second-order valence-corrected chi connectivity index (χ2v) is 4.95. The second-order valence-electron chi connectivity index (χ2n) is 4.95. The Hall–Kier alpha value is -2.62. The highest BCUT2D eigenvalue weighted by atomic mass is 16.5. The fourth-order valence-corrected chi connectivity index (χ4v) is 2.74. The van der Waals surface area contributed by atoms with Crippen LogP contribution in [-0.4, -0.2) is 14.2 Å². The molecule has 0 saturated heterocycles. The first-order chi connectivity index (χ1) is 10.3. The van der Waals surface area contributed by atoms with Crippen molar-refractivity contribution in [3.05, 3.63) is 53.8 Å². The molecule has 2 aromatic carbocycles. The average molecular weight is 282 g/mol. The minimum absolute atomic E-state index is 0.137. The van der Waals surface area contributed by atoms with Gasteiger partial charge in [0.2, 0.25) is 0 Å². The Morgan fingerprint density at radius 3 is 2.38 bits per heavy atom. The lowest BCUT2D eigenvalue weighted by Gasteiger charge is -2.21. The molecular weight excluding hydrogens is 268 g/mol. The van der Waals surface area contributed by atoms with E-state index in [0.29, 0.717) is 0 Å². The molecule has 0 spiro atoms. The number of rotatable bonds is 2. The zero-order valence-electron chi connectivity index (χ0n) is 11.8. The zero-order chi connectivity index (χ0) is 14.4. The van der Waals surface area contributed by atoms with E-state index in [4.69, 9.17) is 18.9 Å². The predicted octanol–water partition coefficient (Wildman–Crippen LogP) is 3.57. The van der Waals surface area contributed by atoms with E-state index in [-0.39, 0.29) is 6.10 Å². The first-order valence-corrected chi connectivity index (χ1v) is 6.70. The van der Waals surface area contributed by atoms with Gasteiger partial charge in [0.1, 0.15) is 23.0 Å². The fraction of sp³-hybridized carbons (Fsp3) is 0.176. The summed E-state index contributed by atoms with van der Waals surface area (Å²) in [6.07, 6.45) is 1.62. The number of ether oxygens (including phenoxy) is 4. The van der Waals surface area contributed by atoms with E-state index in [0.717, 1.165) is 39.7 Å². The summed E-state index contributed by atoms with van der Waals surface area (Å²) in [7, 11) is 3.29. The summed E-state index contributed by atoms with van der Waals surface area (Å²) in [6.45, 7) is 0. The number of hydrogen-bond acceptors (Lipinski definition) is 4. The topological polar surface area (TPSA) is 36.9 Å². The van der Waals surface area contributed by atoms with Crippen LogP contribution in [0, 0.1) is 0 Å². The molecule has 0 aromatic heterocycles. The normalized spacial score (nSPS) is 17.6. The summed E-state index contributed by atoms with van der Waals surface area (Å²) in [5, 5.41) is 0. The van der Waals surface area contributed by atoms with Crippen LogP contribution in [0.25, 0.3) is 5.57 Å². The second kappa shape index (κ2) is 4.45. The van der Waals surface area contributed by atoms with Crippen molar-refractivity contribution in [1.29, 1.82) is 0 Å². The van der Waals surface area contributed by atoms with Gasteiger partial charge in [-0.1, -0.05) is 0 Å². The third kappa shape index (κ3) is 1.76. The number of benzene rings is 2. The molecule has 106 valence electrons. The van der Waals surface area contributed by atoms with Crippen LogP contribution in [0.15, 0.2) is 42.7 Å². The monoisotopic (exact) mass is 282 g/mol. The Bertz CT molecular complexity index is 748. The van der Waals surface area contributed by atoms with Crippen molar-refractivity contribution in [2.24, 2.45) is 0 Å². The van der Waals surface area contributed by atoms with Gasteiger partial charge in [-0.25, -0.2) is 0 Å². The lowest BCUT2D eigenvalue weighted by atomic mass is 9.96. The van der Waals surface area contributed by atoms with Gasteiger partial charge in [0, 0.05) is 28.8 Å². The number of hydrogen-bond donors (Lipinski definition) is 0. The van der Waals surface area contributed by atoms with Crippen molar-refractivity contribution >= 4 is 5.57 Å². The highest BCUT2D eigenvalue weighted by Gasteiger charge is 2.35. The van der Waals surface area contributed by atoms with Crippen LogP contribution in [0.5, 0.6) is 23.0 Å². The molecule has 21 heavy (non-hydrogen) atoms. The first-order valence-electron chi connectivity index (χ1n) is 6.70. The molecule has 2 aliphatic rings. The molecule has 4 rings (SSSR count). The van der Waals surface area contributed by atoms with E-state index in [9.17, 15) is 0 Å².